The van der Waals surface area contributed by atoms with Crippen molar-refractivity contribution in [3.8, 4) is 0 Å². The average molecular weight is 281 g/mol. The Labute approximate surface area is 116 Å². The van der Waals surface area contributed by atoms with Crippen LogP contribution in [0.1, 0.15) is 29.6 Å². The van der Waals surface area contributed by atoms with E-state index >= 15 is 0 Å². The molecule has 3 N–H and O–H groups in total. The Bertz CT molecular complexity index is 414. The van der Waals surface area contributed by atoms with Crippen molar-refractivity contribution >= 4 is 23.2 Å². The van der Waals surface area contributed by atoms with Gasteiger partial charge in [0.2, 0.25) is 5.91 Å². The third-order valence-corrected chi connectivity index (χ3v) is 3.81. The molecule has 1 aliphatic rings. The third kappa shape index (κ3) is 4.65. The Morgan fingerprint density at radius 3 is 3.00 bits per heavy atom. The summed E-state index contributed by atoms with van der Waals surface area (Å²) in [6.45, 7) is 2.09. The molecule has 1 aromatic rings. The number of carbonyl (C=O) groups is 2. The molecule has 2 rings (SSSR count). The van der Waals surface area contributed by atoms with Crippen LogP contribution >= 0.6 is 11.3 Å². The van der Waals surface area contributed by atoms with Gasteiger partial charge in [-0.05, 0) is 30.8 Å². The zero-order valence-corrected chi connectivity index (χ0v) is 11.6. The molecule has 2 heterocycles. The summed E-state index contributed by atoms with van der Waals surface area (Å²) in [6.07, 6.45) is 2.62. The van der Waals surface area contributed by atoms with Crippen LogP contribution in [-0.4, -0.2) is 37.5 Å². The summed E-state index contributed by atoms with van der Waals surface area (Å²) < 4.78 is 0. The summed E-state index contributed by atoms with van der Waals surface area (Å²) in [4.78, 5) is 23.2. The van der Waals surface area contributed by atoms with Gasteiger partial charge in [0.15, 0.2) is 0 Å². The second-order valence-corrected chi connectivity index (χ2v) is 5.40. The number of rotatable bonds is 6. The Morgan fingerprint density at radius 1 is 1.42 bits per heavy atom. The van der Waals surface area contributed by atoms with Crippen molar-refractivity contribution in [3.63, 3.8) is 0 Å². The lowest BCUT2D eigenvalue weighted by Crippen LogP contribution is -2.38. The predicted octanol–water partition coefficient (Wildman–Crippen LogP) is 0.736. The van der Waals surface area contributed by atoms with Crippen LogP contribution < -0.4 is 16.0 Å². The fourth-order valence-electron chi connectivity index (χ4n) is 2.04. The molecule has 0 bridgehead atoms. The van der Waals surface area contributed by atoms with E-state index in [1.807, 2.05) is 5.38 Å². The molecule has 0 aromatic carbocycles. The van der Waals surface area contributed by atoms with Crippen LogP contribution in [0.4, 0.5) is 0 Å². The number of amides is 2. The first kappa shape index (κ1) is 14.0. The van der Waals surface area contributed by atoms with Crippen LogP contribution in [0, 0.1) is 0 Å². The van der Waals surface area contributed by atoms with Crippen LogP contribution in [0.5, 0.6) is 0 Å². The number of hydrogen-bond acceptors (Lipinski definition) is 4. The Morgan fingerprint density at radius 2 is 2.32 bits per heavy atom. The molecule has 1 aliphatic heterocycles. The molecule has 2 amide bonds. The first-order valence-corrected chi connectivity index (χ1v) is 7.50. The van der Waals surface area contributed by atoms with Gasteiger partial charge in [0, 0.05) is 36.5 Å². The highest BCUT2D eigenvalue weighted by atomic mass is 32.1. The Kier molecular flexibility index (Phi) is 5.35. The summed E-state index contributed by atoms with van der Waals surface area (Å²) in [6, 6.07) is 2.18. The highest BCUT2D eigenvalue weighted by Gasteiger charge is 2.14. The van der Waals surface area contributed by atoms with E-state index in [0.717, 1.165) is 13.0 Å². The highest BCUT2D eigenvalue weighted by molar-refractivity contribution is 7.08. The van der Waals surface area contributed by atoms with Gasteiger partial charge in [0.25, 0.3) is 5.91 Å². The molecule has 19 heavy (non-hydrogen) atoms. The fraction of sp³-hybridized carbons (Fsp3) is 0.538. The third-order valence-electron chi connectivity index (χ3n) is 3.13. The van der Waals surface area contributed by atoms with Gasteiger partial charge in [-0.25, -0.2) is 0 Å². The molecule has 0 radical (unpaired) electrons. The number of nitrogens with one attached hydrogen (secondary N) is 3. The van der Waals surface area contributed by atoms with E-state index in [4.69, 9.17) is 0 Å². The zero-order chi connectivity index (χ0) is 13.5. The van der Waals surface area contributed by atoms with Crippen molar-refractivity contribution in [2.75, 3.05) is 19.6 Å². The molecule has 104 valence electrons. The smallest absolute Gasteiger partial charge is 0.252 e. The van der Waals surface area contributed by atoms with Crippen molar-refractivity contribution in [2.45, 2.75) is 25.3 Å². The Hall–Kier alpha value is -1.40. The largest absolute Gasteiger partial charge is 0.354 e. The van der Waals surface area contributed by atoms with Crippen molar-refractivity contribution < 1.29 is 9.59 Å². The van der Waals surface area contributed by atoms with Gasteiger partial charge in [-0.2, -0.15) is 11.3 Å². The summed E-state index contributed by atoms with van der Waals surface area (Å²) in [5.74, 6) is -0.133. The summed E-state index contributed by atoms with van der Waals surface area (Å²) in [7, 11) is 0. The topological polar surface area (TPSA) is 70.2 Å². The molecule has 0 aliphatic carbocycles. The molecular formula is C13H19N3O2S. The first-order chi connectivity index (χ1) is 9.25. The summed E-state index contributed by atoms with van der Waals surface area (Å²) in [5.41, 5.74) is 0.653. The van der Waals surface area contributed by atoms with Gasteiger partial charge in [-0.3, -0.25) is 9.59 Å². The van der Waals surface area contributed by atoms with Crippen molar-refractivity contribution in [1.29, 1.82) is 0 Å². The molecule has 5 nitrogen and oxygen atoms in total. The molecule has 1 fully saturated rings. The van der Waals surface area contributed by atoms with Crippen LogP contribution in [0.2, 0.25) is 0 Å². The molecule has 1 aromatic heterocycles. The summed E-state index contributed by atoms with van der Waals surface area (Å²) >= 11 is 1.48. The van der Waals surface area contributed by atoms with Gasteiger partial charge >= 0.3 is 0 Å². The predicted molar refractivity (Wildman–Crippen MR) is 75.3 cm³/mol. The minimum absolute atomic E-state index is 0.0145. The maximum absolute atomic E-state index is 11.6. The molecule has 1 atom stereocenters. The maximum Gasteiger partial charge on any atom is 0.252 e. The molecule has 0 saturated carbocycles. The second-order valence-electron chi connectivity index (χ2n) is 4.62. The first-order valence-electron chi connectivity index (χ1n) is 6.56. The maximum atomic E-state index is 11.6. The standard InChI is InChI=1S/C13H19N3O2S/c17-12(16-8-11-2-1-5-14-11)3-6-15-13(18)10-4-7-19-9-10/h4,7,9,11,14H,1-3,5-6,8H2,(H,15,18)(H,16,17). The van der Waals surface area contributed by atoms with Crippen molar-refractivity contribution in [3.05, 3.63) is 22.4 Å². The van der Waals surface area contributed by atoms with Crippen molar-refractivity contribution in [1.82, 2.24) is 16.0 Å². The average Bonchev–Trinajstić information content (AvgIpc) is 3.09. The van der Waals surface area contributed by atoms with E-state index in [2.05, 4.69) is 16.0 Å². The highest BCUT2D eigenvalue weighted by Crippen LogP contribution is 2.05. The van der Waals surface area contributed by atoms with E-state index < -0.39 is 0 Å². The van der Waals surface area contributed by atoms with Crippen LogP contribution in [0.25, 0.3) is 0 Å². The van der Waals surface area contributed by atoms with Gasteiger partial charge in [-0.15, -0.1) is 0 Å². The zero-order valence-electron chi connectivity index (χ0n) is 10.8. The SMILES string of the molecule is O=C(CCNC(=O)c1ccsc1)NCC1CCCN1. The van der Waals surface area contributed by atoms with E-state index in [1.54, 1.807) is 11.4 Å². The quantitative estimate of drug-likeness (QED) is 0.720. The minimum atomic E-state index is -0.119. The fourth-order valence-corrected chi connectivity index (χ4v) is 2.68. The molecule has 0 spiro atoms. The van der Waals surface area contributed by atoms with Gasteiger partial charge in [0.05, 0.1) is 0 Å². The normalized spacial score (nSPS) is 18.2. The molecular weight excluding hydrogens is 262 g/mol. The van der Waals surface area contributed by atoms with E-state index in [-0.39, 0.29) is 11.8 Å². The lowest BCUT2D eigenvalue weighted by Gasteiger charge is -2.11. The van der Waals surface area contributed by atoms with E-state index in [0.29, 0.717) is 31.1 Å². The molecule has 6 heteroatoms. The second kappa shape index (κ2) is 7.25. The van der Waals surface area contributed by atoms with E-state index in [9.17, 15) is 9.59 Å². The lowest BCUT2D eigenvalue weighted by atomic mass is 10.2. The van der Waals surface area contributed by atoms with Crippen molar-refractivity contribution in [2.24, 2.45) is 0 Å². The number of thiophene rings is 1. The van der Waals surface area contributed by atoms with E-state index in [1.165, 1.54) is 17.8 Å². The lowest BCUT2D eigenvalue weighted by molar-refractivity contribution is -0.121. The van der Waals surface area contributed by atoms with Gasteiger partial charge in [-0.1, -0.05) is 0 Å². The monoisotopic (exact) mass is 281 g/mol. The minimum Gasteiger partial charge on any atom is -0.354 e. The Balaban J connectivity index is 1.57. The van der Waals surface area contributed by atoms with Crippen LogP contribution in [0.15, 0.2) is 16.8 Å². The molecule has 1 unspecified atom stereocenters. The molecule has 1 saturated heterocycles. The number of hydrogen-bond donors (Lipinski definition) is 3. The van der Waals surface area contributed by atoms with Gasteiger partial charge < -0.3 is 16.0 Å². The van der Waals surface area contributed by atoms with Gasteiger partial charge in [0.1, 0.15) is 0 Å². The van der Waals surface area contributed by atoms with Crippen LogP contribution in [0.3, 0.4) is 0 Å². The van der Waals surface area contributed by atoms with Crippen LogP contribution in [-0.2, 0) is 4.79 Å². The number of carbonyl (C=O) groups excluding carboxylic acids is 2. The summed E-state index contributed by atoms with van der Waals surface area (Å²) in [5, 5.41) is 12.6.